The zero-order chi connectivity index (χ0) is 20.1. The first-order chi connectivity index (χ1) is 14.2. The van der Waals surface area contributed by atoms with Gasteiger partial charge in [-0.1, -0.05) is 60.2 Å². The summed E-state index contributed by atoms with van der Waals surface area (Å²) in [6, 6.07) is 21.6. The average molecular weight is 383 g/mol. The van der Waals surface area contributed by atoms with E-state index in [2.05, 4.69) is 5.32 Å². The quantitative estimate of drug-likeness (QED) is 0.464. The Labute approximate surface area is 170 Å². The second-order valence-corrected chi connectivity index (χ2v) is 6.80. The highest BCUT2D eigenvalue weighted by Gasteiger charge is 2.12. The van der Waals surface area contributed by atoms with Crippen molar-refractivity contribution >= 4 is 29.8 Å². The van der Waals surface area contributed by atoms with Crippen molar-refractivity contribution in [1.82, 2.24) is 0 Å². The second-order valence-electron chi connectivity index (χ2n) is 6.80. The molecule has 1 aliphatic rings. The predicted octanol–water partition coefficient (Wildman–Crippen LogP) is 5.55. The van der Waals surface area contributed by atoms with E-state index in [-0.39, 0.29) is 12.7 Å². The maximum atomic E-state index is 12.1. The van der Waals surface area contributed by atoms with Gasteiger partial charge in [-0.05, 0) is 54.0 Å². The second kappa shape index (κ2) is 8.48. The zero-order valence-corrected chi connectivity index (χ0v) is 16.1. The van der Waals surface area contributed by atoms with Crippen LogP contribution in [-0.2, 0) is 4.79 Å². The first-order valence-corrected chi connectivity index (χ1v) is 9.39. The van der Waals surface area contributed by atoms with Crippen molar-refractivity contribution in [3.63, 3.8) is 0 Å². The van der Waals surface area contributed by atoms with Crippen LogP contribution in [0.15, 0.2) is 72.8 Å². The molecular weight excluding hydrogens is 362 g/mol. The molecule has 29 heavy (non-hydrogen) atoms. The van der Waals surface area contributed by atoms with Gasteiger partial charge in [0.25, 0.3) is 0 Å². The molecule has 4 nitrogen and oxygen atoms in total. The average Bonchev–Trinajstić information content (AvgIpc) is 3.21. The van der Waals surface area contributed by atoms with Gasteiger partial charge in [0.2, 0.25) is 12.7 Å². The number of anilines is 1. The smallest absolute Gasteiger partial charge is 0.248 e. The molecule has 0 unspecified atom stereocenters. The first kappa shape index (κ1) is 18.6. The van der Waals surface area contributed by atoms with Gasteiger partial charge in [-0.3, -0.25) is 4.79 Å². The van der Waals surface area contributed by atoms with Gasteiger partial charge in [0.1, 0.15) is 0 Å². The van der Waals surface area contributed by atoms with Crippen LogP contribution in [-0.4, -0.2) is 12.7 Å². The number of rotatable bonds is 5. The fourth-order valence-electron chi connectivity index (χ4n) is 2.92. The van der Waals surface area contributed by atoms with Crippen LogP contribution in [0.4, 0.5) is 5.69 Å². The van der Waals surface area contributed by atoms with Crippen molar-refractivity contribution in [2.24, 2.45) is 0 Å². The van der Waals surface area contributed by atoms with Crippen molar-refractivity contribution in [3.05, 3.63) is 95.1 Å². The Morgan fingerprint density at radius 3 is 2.21 bits per heavy atom. The van der Waals surface area contributed by atoms with E-state index in [4.69, 9.17) is 9.47 Å². The van der Waals surface area contributed by atoms with E-state index < -0.39 is 0 Å². The van der Waals surface area contributed by atoms with Crippen molar-refractivity contribution in [1.29, 1.82) is 0 Å². The van der Waals surface area contributed by atoms with Gasteiger partial charge in [0, 0.05) is 11.8 Å². The van der Waals surface area contributed by atoms with E-state index in [1.807, 2.05) is 85.8 Å². The minimum absolute atomic E-state index is 0.158. The van der Waals surface area contributed by atoms with Crippen LogP contribution < -0.4 is 14.8 Å². The molecule has 3 aromatic rings. The number of hydrogen-bond donors (Lipinski definition) is 1. The molecule has 0 radical (unpaired) electrons. The molecule has 144 valence electrons. The largest absolute Gasteiger partial charge is 0.454 e. The van der Waals surface area contributed by atoms with Gasteiger partial charge < -0.3 is 14.8 Å². The standard InChI is InChI=1S/C25H21NO3/c1-18-2-4-19(5-3-18)11-15-25(27)26-22-12-8-20(9-13-22)6-7-21-10-14-23-24(16-21)29-17-28-23/h2-16H,17H2,1H3,(H,26,27)/b7-6+,15-11+. The molecule has 0 aliphatic carbocycles. The van der Waals surface area contributed by atoms with Crippen LogP contribution in [0.2, 0.25) is 0 Å². The number of carbonyl (C=O) groups is 1. The van der Waals surface area contributed by atoms with Crippen molar-refractivity contribution < 1.29 is 14.3 Å². The third kappa shape index (κ3) is 4.93. The third-order valence-electron chi connectivity index (χ3n) is 4.55. The molecule has 1 heterocycles. The first-order valence-electron chi connectivity index (χ1n) is 9.39. The van der Waals surface area contributed by atoms with Crippen molar-refractivity contribution in [2.45, 2.75) is 6.92 Å². The van der Waals surface area contributed by atoms with Crippen LogP contribution in [0.25, 0.3) is 18.2 Å². The summed E-state index contributed by atoms with van der Waals surface area (Å²) >= 11 is 0. The minimum atomic E-state index is -0.158. The van der Waals surface area contributed by atoms with Crippen LogP contribution in [0.1, 0.15) is 22.3 Å². The molecule has 0 aromatic heterocycles. The maximum absolute atomic E-state index is 12.1. The molecule has 4 rings (SSSR count). The lowest BCUT2D eigenvalue weighted by Crippen LogP contribution is -2.07. The van der Waals surface area contributed by atoms with E-state index in [1.54, 1.807) is 6.08 Å². The summed E-state index contributed by atoms with van der Waals surface area (Å²) in [4.78, 5) is 12.1. The van der Waals surface area contributed by atoms with Crippen LogP contribution in [0, 0.1) is 6.92 Å². The normalized spacial score (nSPS) is 12.6. The molecular formula is C25H21NO3. The number of benzene rings is 3. The monoisotopic (exact) mass is 383 g/mol. The van der Waals surface area contributed by atoms with Crippen molar-refractivity contribution in [3.8, 4) is 11.5 Å². The van der Waals surface area contributed by atoms with E-state index >= 15 is 0 Å². The number of amides is 1. The number of fused-ring (bicyclic) bond motifs is 1. The van der Waals surface area contributed by atoms with E-state index in [0.29, 0.717) is 0 Å². The summed E-state index contributed by atoms with van der Waals surface area (Å²) in [5, 5.41) is 2.87. The summed E-state index contributed by atoms with van der Waals surface area (Å²) in [7, 11) is 0. The highest BCUT2D eigenvalue weighted by atomic mass is 16.7. The number of hydrogen-bond acceptors (Lipinski definition) is 3. The van der Waals surface area contributed by atoms with Gasteiger partial charge in [0.15, 0.2) is 11.5 Å². The molecule has 0 saturated heterocycles. The number of ether oxygens (including phenoxy) is 2. The third-order valence-corrected chi connectivity index (χ3v) is 4.55. The van der Waals surface area contributed by atoms with Crippen LogP contribution in [0.3, 0.4) is 0 Å². The summed E-state index contributed by atoms with van der Waals surface area (Å²) in [6.45, 7) is 2.31. The van der Waals surface area contributed by atoms with Gasteiger partial charge in [-0.2, -0.15) is 0 Å². The molecule has 1 aliphatic heterocycles. The topological polar surface area (TPSA) is 47.6 Å². The van der Waals surface area contributed by atoms with E-state index in [1.165, 1.54) is 11.6 Å². The van der Waals surface area contributed by atoms with E-state index in [9.17, 15) is 4.79 Å². The highest BCUT2D eigenvalue weighted by Crippen LogP contribution is 2.33. The summed E-state index contributed by atoms with van der Waals surface area (Å²) in [6.07, 6.45) is 7.37. The Bertz CT molecular complexity index is 1060. The number of nitrogens with one attached hydrogen (secondary N) is 1. The zero-order valence-electron chi connectivity index (χ0n) is 16.1. The Balaban J connectivity index is 1.35. The molecule has 0 saturated carbocycles. The molecule has 0 atom stereocenters. The fourth-order valence-corrected chi connectivity index (χ4v) is 2.92. The molecule has 1 N–H and O–H groups in total. The van der Waals surface area contributed by atoms with Gasteiger partial charge >= 0.3 is 0 Å². The molecule has 0 bridgehead atoms. The molecule has 0 fully saturated rings. The number of carbonyl (C=O) groups excluding carboxylic acids is 1. The Morgan fingerprint density at radius 1 is 0.793 bits per heavy atom. The number of aryl methyl sites for hydroxylation is 1. The lowest BCUT2D eigenvalue weighted by atomic mass is 10.1. The molecule has 1 amide bonds. The van der Waals surface area contributed by atoms with Crippen LogP contribution >= 0.6 is 0 Å². The molecule has 3 aromatic carbocycles. The predicted molar refractivity (Wildman–Crippen MR) is 117 cm³/mol. The maximum Gasteiger partial charge on any atom is 0.248 e. The lowest BCUT2D eigenvalue weighted by Gasteiger charge is -2.03. The van der Waals surface area contributed by atoms with Gasteiger partial charge in [-0.15, -0.1) is 0 Å². The van der Waals surface area contributed by atoms with Gasteiger partial charge in [0.05, 0.1) is 0 Å². The summed E-state index contributed by atoms with van der Waals surface area (Å²) in [5.41, 5.74) is 5.02. The lowest BCUT2D eigenvalue weighted by molar-refractivity contribution is -0.111. The SMILES string of the molecule is Cc1ccc(/C=C/C(=O)Nc2ccc(/C=C/c3ccc4c(c3)OCO4)cc2)cc1. The fraction of sp³-hybridized carbons (Fsp3) is 0.0800. The Kier molecular flexibility index (Phi) is 5.43. The summed E-state index contributed by atoms with van der Waals surface area (Å²) in [5.74, 6) is 1.39. The molecule has 4 heteroatoms. The highest BCUT2D eigenvalue weighted by molar-refractivity contribution is 6.02. The van der Waals surface area contributed by atoms with Crippen molar-refractivity contribution in [2.75, 3.05) is 12.1 Å². The molecule has 0 spiro atoms. The van der Waals surface area contributed by atoms with Crippen LogP contribution in [0.5, 0.6) is 11.5 Å². The Hall–Kier alpha value is -3.79. The van der Waals surface area contributed by atoms with E-state index in [0.717, 1.165) is 33.9 Å². The minimum Gasteiger partial charge on any atom is -0.454 e. The Morgan fingerprint density at radius 2 is 1.41 bits per heavy atom. The van der Waals surface area contributed by atoms with Gasteiger partial charge in [-0.25, -0.2) is 0 Å². The summed E-state index contributed by atoms with van der Waals surface area (Å²) < 4.78 is 10.7.